The second-order valence-corrected chi connectivity index (χ2v) is 3.97. The Morgan fingerprint density at radius 1 is 1.53 bits per heavy atom. The van der Waals surface area contributed by atoms with Crippen molar-refractivity contribution in [2.75, 3.05) is 13.1 Å². The van der Waals surface area contributed by atoms with Gasteiger partial charge in [0.25, 0.3) is 11.8 Å². The number of hydrogen-bond acceptors (Lipinski definition) is 4. The molecule has 0 spiro atoms. The molecule has 0 aromatic carbocycles. The third kappa shape index (κ3) is 2.50. The van der Waals surface area contributed by atoms with Gasteiger partial charge in [0.15, 0.2) is 10.8 Å². The molecule has 1 fully saturated rings. The Morgan fingerprint density at radius 2 is 2.24 bits per heavy atom. The molecule has 1 saturated heterocycles. The van der Waals surface area contributed by atoms with Crippen LogP contribution in [0.1, 0.15) is 10.5 Å². The van der Waals surface area contributed by atoms with Gasteiger partial charge in [0.05, 0.1) is 6.54 Å². The SMILES string of the molecule is O=C(NC1CNCC1(F)F)c1nccnc1Cl. The van der Waals surface area contributed by atoms with Crippen LogP contribution in [0.15, 0.2) is 12.4 Å². The van der Waals surface area contributed by atoms with Gasteiger partial charge < -0.3 is 10.6 Å². The molecule has 1 aliphatic heterocycles. The van der Waals surface area contributed by atoms with Crippen molar-refractivity contribution in [1.82, 2.24) is 20.6 Å². The van der Waals surface area contributed by atoms with Gasteiger partial charge in [0, 0.05) is 18.9 Å². The van der Waals surface area contributed by atoms with Crippen LogP contribution in [0.25, 0.3) is 0 Å². The highest BCUT2D eigenvalue weighted by atomic mass is 35.5. The third-order valence-corrected chi connectivity index (χ3v) is 2.67. The van der Waals surface area contributed by atoms with Gasteiger partial charge in [0.2, 0.25) is 0 Å². The van der Waals surface area contributed by atoms with E-state index < -0.39 is 24.4 Å². The largest absolute Gasteiger partial charge is 0.340 e. The molecule has 1 aliphatic rings. The third-order valence-electron chi connectivity index (χ3n) is 2.39. The van der Waals surface area contributed by atoms with Crippen LogP contribution in [-0.4, -0.2) is 40.9 Å². The second kappa shape index (κ2) is 4.50. The van der Waals surface area contributed by atoms with Crippen LogP contribution in [-0.2, 0) is 0 Å². The van der Waals surface area contributed by atoms with Gasteiger partial charge in [-0.25, -0.2) is 18.7 Å². The fraction of sp³-hybridized carbons (Fsp3) is 0.444. The number of rotatable bonds is 2. The zero-order chi connectivity index (χ0) is 12.5. The Kier molecular flexibility index (Phi) is 3.21. The van der Waals surface area contributed by atoms with Crippen LogP contribution in [0.4, 0.5) is 8.78 Å². The molecule has 2 N–H and O–H groups in total. The van der Waals surface area contributed by atoms with Crippen molar-refractivity contribution in [2.45, 2.75) is 12.0 Å². The number of hydrogen-bond donors (Lipinski definition) is 2. The number of aromatic nitrogens is 2. The molecular weight excluding hydrogens is 254 g/mol. The van der Waals surface area contributed by atoms with Crippen molar-refractivity contribution in [2.24, 2.45) is 0 Å². The zero-order valence-corrected chi connectivity index (χ0v) is 9.34. The standard InChI is InChI=1S/C9H9ClF2N4O/c10-7-6(14-1-2-15-7)8(17)16-5-3-13-4-9(5,11)12/h1-2,5,13H,3-4H2,(H,16,17). The molecule has 0 aliphatic carbocycles. The number of nitrogens with one attached hydrogen (secondary N) is 2. The maximum atomic E-state index is 13.2. The Morgan fingerprint density at radius 3 is 2.82 bits per heavy atom. The van der Waals surface area contributed by atoms with Gasteiger partial charge in [-0.1, -0.05) is 11.6 Å². The zero-order valence-electron chi connectivity index (χ0n) is 8.58. The van der Waals surface area contributed by atoms with Crippen molar-refractivity contribution < 1.29 is 13.6 Å². The maximum absolute atomic E-state index is 13.2. The minimum Gasteiger partial charge on any atom is -0.340 e. The molecule has 0 saturated carbocycles. The topological polar surface area (TPSA) is 66.9 Å². The molecule has 92 valence electrons. The number of halogens is 3. The first-order valence-corrected chi connectivity index (χ1v) is 5.24. The van der Waals surface area contributed by atoms with Crippen molar-refractivity contribution in [3.63, 3.8) is 0 Å². The molecule has 1 aromatic heterocycles. The van der Waals surface area contributed by atoms with Crippen LogP contribution in [0.3, 0.4) is 0 Å². The molecule has 17 heavy (non-hydrogen) atoms. The highest BCUT2D eigenvalue weighted by Crippen LogP contribution is 2.22. The van der Waals surface area contributed by atoms with Gasteiger partial charge in [-0.2, -0.15) is 0 Å². The summed E-state index contributed by atoms with van der Waals surface area (Å²) in [6.07, 6.45) is 2.58. The second-order valence-electron chi connectivity index (χ2n) is 3.61. The van der Waals surface area contributed by atoms with E-state index >= 15 is 0 Å². The first kappa shape index (κ1) is 12.1. The summed E-state index contributed by atoms with van der Waals surface area (Å²) in [5.41, 5.74) is -0.156. The van der Waals surface area contributed by atoms with E-state index in [1.807, 2.05) is 0 Å². The molecule has 2 heterocycles. The Bertz CT molecular complexity index is 443. The van der Waals surface area contributed by atoms with Crippen molar-refractivity contribution >= 4 is 17.5 Å². The number of carbonyl (C=O) groups excluding carboxylic acids is 1. The lowest BCUT2D eigenvalue weighted by atomic mass is 10.2. The molecule has 2 rings (SSSR count). The average Bonchev–Trinajstić information content (AvgIpc) is 2.59. The fourth-order valence-corrected chi connectivity index (χ4v) is 1.70. The summed E-state index contributed by atoms with van der Waals surface area (Å²) in [5, 5.41) is 4.58. The van der Waals surface area contributed by atoms with E-state index in [1.165, 1.54) is 12.4 Å². The molecule has 5 nitrogen and oxygen atoms in total. The van der Waals surface area contributed by atoms with Gasteiger partial charge in [-0.05, 0) is 0 Å². The highest BCUT2D eigenvalue weighted by molar-refractivity contribution is 6.32. The molecule has 0 radical (unpaired) electrons. The van der Waals surface area contributed by atoms with Gasteiger partial charge in [-0.3, -0.25) is 4.79 Å². The summed E-state index contributed by atoms with van der Waals surface area (Å²) in [7, 11) is 0. The summed E-state index contributed by atoms with van der Waals surface area (Å²) in [6, 6.07) is -1.26. The first-order chi connectivity index (χ1) is 8.00. The lowest BCUT2D eigenvalue weighted by Crippen LogP contribution is -2.47. The smallest absolute Gasteiger partial charge is 0.281 e. The Hall–Kier alpha value is -1.34. The normalized spacial score (nSPS) is 22.4. The number of carbonyl (C=O) groups is 1. The van der Waals surface area contributed by atoms with Crippen molar-refractivity contribution in [3.05, 3.63) is 23.2 Å². The van der Waals surface area contributed by atoms with E-state index in [2.05, 4.69) is 20.6 Å². The summed E-state index contributed by atoms with van der Waals surface area (Å²) >= 11 is 5.64. The summed E-state index contributed by atoms with van der Waals surface area (Å²) in [6.45, 7) is -0.442. The van der Waals surface area contributed by atoms with Crippen LogP contribution >= 0.6 is 11.6 Å². The van der Waals surface area contributed by atoms with E-state index in [0.29, 0.717) is 0 Å². The predicted molar refractivity (Wildman–Crippen MR) is 56.1 cm³/mol. The molecule has 1 amide bonds. The van der Waals surface area contributed by atoms with Crippen LogP contribution in [0, 0.1) is 0 Å². The van der Waals surface area contributed by atoms with Crippen molar-refractivity contribution in [3.8, 4) is 0 Å². The molecule has 8 heteroatoms. The number of alkyl halides is 2. The Balaban J connectivity index is 2.10. The van der Waals surface area contributed by atoms with Crippen LogP contribution in [0.5, 0.6) is 0 Å². The van der Waals surface area contributed by atoms with E-state index in [1.54, 1.807) is 0 Å². The van der Waals surface area contributed by atoms with Gasteiger partial charge >= 0.3 is 0 Å². The first-order valence-electron chi connectivity index (χ1n) is 4.86. The van der Waals surface area contributed by atoms with E-state index in [-0.39, 0.29) is 17.4 Å². The summed E-state index contributed by atoms with van der Waals surface area (Å²) in [5.74, 6) is -3.72. The molecule has 0 bridgehead atoms. The van der Waals surface area contributed by atoms with E-state index in [9.17, 15) is 13.6 Å². The van der Waals surface area contributed by atoms with Gasteiger partial charge in [-0.15, -0.1) is 0 Å². The average molecular weight is 263 g/mol. The summed E-state index contributed by atoms with van der Waals surface area (Å²) < 4.78 is 26.5. The minimum atomic E-state index is -2.97. The fourth-order valence-electron chi connectivity index (χ4n) is 1.51. The number of amides is 1. The van der Waals surface area contributed by atoms with E-state index in [0.717, 1.165) is 0 Å². The van der Waals surface area contributed by atoms with Crippen LogP contribution in [0.2, 0.25) is 5.15 Å². The molecule has 1 aromatic rings. The lowest BCUT2D eigenvalue weighted by molar-refractivity contribution is -0.00253. The predicted octanol–water partition coefficient (Wildman–Crippen LogP) is 0.467. The van der Waals surface area contributed by atoms with E-state index in [4.69, 9.17) is 11.6 Å². The van der Waals surface area contributed by atoms with Gasteiger partial charge in [0.1, 0.15) is 6.04 Å². The van der Waals surface area contributed by atoms with Crippen molar-refractivity contribution in [1.29, 1.82) is 0 Å². The quantitative estimate of drug-likeness (QED) is 0.813. The summed E-state index contributed by atoms with van der Waals surface area (Å²) in [4.78, 5) is 19.0. The monoisotopic (exact) mass is 262 g/mol. The lowest BCUT2D eigenvalue weighted by Gasteiger charge is -2.18. The van der Waals surface area contributed by atoms with Crippen LogP contribution < -0.4 is 10.6 Å². The molecular formula is C9H9ClF2N4O. The Labute approximate surface area is 101 Å². The molecule has 1 atom stereocenters. The maximum Gasteiger partial charge on any atom is 0.281 e. The minimum absolute atomic E-state index is 0.0105. The highest BCUT2D eigenvalue weighted by Gasteiger charge is 2.45. The molecule has 1 unspecified atom stereocenters. The number of nitrogens with zero attached hydrogens (tertiary/aromatic N) is 2.